The van der Waals surface area contributed by atoms with Gasteiger partial charge >= 0.3 is 5.69 Å². The molecule has 0 bridgehead atoms. The van der Waals surface area contributed by atoms with E-state index in [1.54, 1.807) is 18.2 Å². The number of rotatable bonds is 3. The Bertz CT molecular complexity index is 737. The summed E-state index contributed by atoms with van der Waals surface area (Å²) in [6.45, 7) is 0. The van der Waals surface area contributed by atoms with Crippen molar-refractivity contribution < 1.29 is 18.5 Å². The van der Waals surface area contributed by atoms with Crippen LogP contribution in [0.2, 0.25) is 0 Å². The molecule has 0 aliphatic heterocycles. The van der Waals surface area contributed by atoms with Crippen LogP contribution in [-0.2, 0) is 0 Å². The van der Waals surface area contributed by atoms with Crippen LogP contribution < -0.4 is 5.32 Å². The van der Waals surface area contributed by atoms with Gasteiger partial charge in [0.2, 0.25) is 5.82 Å². The van der Waals surface area contributed by atoms with Crippen molar-refractivity contribution in [3.63, 3.8) is 0 Å². The highest BCUT2D eigenvalue weighted by Gasteiger charge is 2.20. The quantitative estimate of drug-likeness (QED) is 0.482. The average Bonchev–Trinajstić information content (AvgIpc) is 2.41. The molecule has 21 heavy (non-hydrogen) atoms. The Balaban J connectivity index is 2.33. The van der Waals surface area contributed by atoms with Crippen LogP contribution in [0, 0.1) is 25.3 Å². The molecule has 0 fully saturated rings. The summed E-state index contributed by atoms with van der Waals surface area (Å²) in [5.41, 5.74) is -1.10. The fourth-order valence-corrected chi connectivity index (χ4v) is 2.14. The Morgan fingerprint density at radius 3 is 2.52 bits per heavy atom. The maximum absolute atomic E-state index is 13.6. The number of nitro groups is 1. The Morgan fingerprint density at radius 2 is 1.90 bits per heavy atom. The van der Waals surface area contributed by atoms with Crippen molar-refractivity contribution in [3.05, 3.63) is 67.3 Å². The second-order valence-electron chi connectivity index (χ2n) is 4.01. The summed E-state index contributed by atoms with van der Waals surface area (Å²) in [7, 11) is 0. The van der Waals surface area contributed by atoms with Gasteiger partial charge in [-0.25, -0.2) is 4.39 Å². The van der Waals surface area contributed by atoms with Crippen molar-refractivity contribution in [3.8, 4) is 0 Å². The van der Waals surface area contributed by atoms with Crippen LogP contribution >= 0.6 is 22.6 Å². The number of halogens is 3. The van der Waals surface area contributed by atoms with Gasteiger partial charge in [0, 0.05) is 21.3 Å². The molecule has 0 atom stereocenters. The minimum absolute atomic E-state index is 0.258. The van der Waals surface area contributed by atoms with E-state index in [1.165, 1.54) is 6.07 Å². The highest BCUT2D eigenvalue weighted by Crippen LogP contribution is 2.25. The third-order valence-electron chi connectivity index (χ3n) is 2.57. The van der Waals surface area contributed by atoms with E-state index < -0.39 is 33.8 Å². The van der Waals surface area contributed by atoms with Gasteiger partial charge in [-0.2, -0.15) is 4.39 Å². The van der Waals surface area contributed by atoms with E-state index in [2.05, 4.69) is 5.32 Å². The lowest BCUT2D eigenvalue weighted by Crippen LogP contribution is -2.13. The number of nitro benzene ring substituents is 1. The molecule has 1 N–H and O–H groups in total. The number of hydrogen-bond donors (Lipinski definition) is 1. The Labute approximate surface area is 131 Å². The van der Waals surface area contributed by atoms with Crippen molar-refractivity contribution in [2.24, 2.45) is 0 Å². The third kappa shape index (κ3) is 3.51. The molecule has 0 saturated heterocycles. The van der Waals surface area contributed by atoms with Gasteiger partial charge in [-0.1, -0.05) is 6.07 Å². The molecule has 108 valence electrons. The molecule has 2 aromatic rings. The van der Waals surface area contributed by atoms with Gasteiger partial charge in [0.25, 0.3) is 5.91 Å². The first kappa shape index (κ1) is 15.3. The van der Waals surface area contributed by atoms with E-state index in [0.717, 1.165) is 3.57 Å². The van der Waals surface area contributed by atoms with Crippen LogP contribution in [0.15, 0.2) is 36.4 Å². The molecule has 0 spiro atoms. The normalized spacial score (nSPS) is 10.2. The van der Waals surface area contributed by atoms with E-state index in [9.17, 15) is 23.7 Å². The van der Waals surface area contributed by atoms with Gasteiger partial charge in [-0.3, -0.25) is 14.9 Å². The number of carbonyl (C=O) groups excluding carboxylic acids is 1. The number of carbonyl (C=O) groups is 1. The molecule has 1 amide bonds. The van der Waals surface area contributed by atoms with Crippen molar-refractivity contribution >= 4 is 39.9 Å². The molecule has 0 aliphatic carbocycles. The fraction of sp³-hybridized carbons (Fsp3) is 0. The number of nitrogens with one attached hydrogen (secondary N) is 1. The van der Waals surface area contributed by atoms with Gasteiger partial charge in [-0.15, -0.1) is 0 Å². The van der Waals surface area contributed by atoms with Gasteiger partial charge in [0.1, 0.15) is 5.82 Å². The number of hydrogen-bond acceptors (Lipinski definition) is 3. The van der Waals surface area contributed by atoms with Crippen LogP contribution in [0.5, 0.6) is 0 Å². The molecule has 0 saturated carbocycles. The maximum Gasteiger partial charge on any atom is 0.307 e. The number of nitrogens with zero attached hydrogens (tertiary/aromatic N) is 1. The third-order valence-corrected chi connectivity index (χ3v) is 3.24. The predicted molar refractivity (Wildman–Crippen MR) is 80.1 cm³/mol. The van der Waals surface area contributed by atoms with E-state index in [0.29, 0.717) is 12.1 Å². The van der Waals surface area contributed by atoms with Crippen molar-refractivity contribution in [2.45, 2.75) is 0 Å². The molecule has 0 aliphatic rings. The lowest BCUT2D eigenvalue weighted by atomic mass is 10.2. The van der Waals surface area contributed by atoms with E-state index in [1.807, 2.05) is 22.6 Å². The lowest BCUT2D eigenvalue weighted by Gasteiger charge is -2.07. The van der Waals surface area contributed by atoms with E-state index >= 15 is 0 Å². The second kappa shape index (κ2) is 6.12. The van der Waals surface area contributed by atoms with Crippen LogP contribution in [0.1, 0.15) is 10.4 Å². The monoisotopic (exact) mass is 404 g/mol. The Morgan fingerprint density at radius 1 is 1.19 bits per heavy atom. The van der Waals surface area contributed by atoms with Gasteiger partial charge in [0.15, 0.2) is 0 Å². The topological polar surface area (TPSA) is 72.2 Å². The van der Waals surface area contributed by atoms with Crippen LogP contribution in [0.3, 0.4) is 0 Å². The van der Waals surface area contributed by atoms with Gasteiger partial charge in [-0.05, 0) is 40.8 Å². The molecule has 8 heteroatoms. The van der Waals surface area contributed by atoms with Crippen LogP contribution in [-0.4, -0.2) is 10.8 Å². The molecule has 5 nitrogen and oxygen atoms in total. The maximum atomic E-state index is 13.6. The summed E-state index contributed by atoms with van der Waals surface area (Å²) < 4.78 is 27.6. The summed E-state index contributed by atoms with van der Waals surface area (Å²) >= 11 is 2.00. The van der Waals surface area contributed by atoms with Crippen LogP contribution in [0.4, 0.5) is 20.2 Å². The van der Waals surface area contributed by atoms with Crippen molar-refractivity contribution in [1.82, 2.24) is 0 Å². The summed E-state index contributed by atoms with van der Waals surface area (Å²) in [5.74, 6) is -3.03. The number of amides is 1. The zero-order valence-corrected chi connectivity index (χ0v) is 12.4. The SMILES string of the molecule is O=C(Nc1cc([N+](=O)[O-])c(F)cc1F)c1cccc(I)c1. The Kier molecular flexibility index (Phi) is 4.46. The van der Waals surface area contributed by atoms with Crippen molar-refractivity contribution in [2.75, 3.05) is 5.32 Å². The first-order valence-electron chi connectivity index (χ1n) is 5.59. The second-order valence-corrected chi connectivity index (χ2v) is 5.25. The first-order valence-corrected chi connectivity index (χ1v) is 6.66. The first-order chi connectivity index (χ1) is 9.88. The van der Waals surface area contributed by atoms with Gasteiger partial charge in [0.05, 0.1) is 10.6 Å². The van der Waals surface area contributed by atoms with Crippen molar-refractivity contribution in [1.29, 1.82) is 0 Å². The minimum Gasteiger partial charge on any atom is -0.319 e. The zero-order valence-electron chi connectivity index (χ0n) is 10.3. The molecule has 2 aromatic carbocycles. The number of anilines is 1. The Hall–Kier alpha value is -2.10. The fourth-order valence-electron chi connectivity index (χ4n) is 1.60. The molecule has 0 unspecified atom stereocenters. The van der Waals surface area contributed by atoms with Crippen LogP contribution in [0.25, 0.3) is 0 Å². The number of benzene rings is 2. The largest absolute Gasteiger partial charge is 0.319 e. The molecule has 2 rings (SSSR count). The molecule has 0 aromatic heterocycles. The molecular formula is C13H7F2IN2O3. The molecule has 0 radical (unpaired) electrons. The van der Waals surface area contributed by atoms with E-state index in [-0.39, 0.29) is 5.56 Å². The highest BCUT2D eigenvalue weighted by molar-refractivity contribution is 14.1. The summed E-state index contributed by atoms with van der Waals surface area (Å²) in [4.78, 5) is 21.6. The lowest BCUT2D eigenvalue weighted by molar-refractivity contribution is -0.387. The summed E-state index contributed by atoms with van der Waals surface area (Å²) in [5, 5.41) is 12.8. The highest BCUT2D eigenvalue weighted by atomic mass is 127. The predicted octanol–water partition coefficient (Wildman–Crippen LogP) is 3.73. The van der Waals surface area contributed by atoms with E-state index in [4.69, 9.17) is 0 Å². The molecule has 0 heterocycles. The smallest absolute Gasteiger partial charge is 0.307 e. The zero-order chi connectivity index (χ0) is 15.6. The average molecular weight is 404 g/mol. The van der Waals surface area contributed by atoms with Gasteiger partial charge < -0.3 is 5.32 Å². The molecular weight excluding hydrogens is 397 g/mol. The summed E-state index contributed by atoms with van der Waals surface area (Å²) in [6.07, 6.45) is 0. The summed E-state index contributed by atoms with van der Waals surface area (Å²) in [6, 6.07) is 7.48. The minimum atomic E-state index is -1.30. The standard InChI is InChI=1S/C13H7F2IN2O3/c14-9-5-10(15)12(18(20)21)6-11(9)17-13(19)7-2-1-3-8(16)4-7/h1-6H,(H,17,19).